The van der Waals surface area contributed by atoms with Gasteiger partial charge < -0.3 is 10.4 Å². The number of carbonyl (C=O) groups excluding carboxylic acids is 1. The topological polar surface area (TPSA) is 165 Å². The molecule has 0 radical (unpaired) electrons. The maximum Gasteiger partial charge on any atom is 0.471 e. The third-order valence-corrected chi connectivity index (χ3v) is 3.88. The molecule has 0 bridgehead atoms. The number of aliphatic imine (C=N–C) groups is 1. The van der Waals surface area contributed by atoms with Crippen molar-refractivity contribution in [3.05, 3.63) is 55.8 Å². The summed E-state index contributed by atoms with van der Waals surface area (Å²) < 4.78 is 36.3. The molecule has 0 saturated heterocycles. The van der Waals surface area contributed by atoms with Gasteiger partial charge in [-0.05, 0) is 26.3 Å². The van der Waals surface area contributed by atoms with Gasteiger partial charge in [0.05, 0.1) is 15.9 Å². The standard InChI is InChI=1S/C12H17F3N2O3.C7H6N2O4/c1-3-5-6-16-8(4-2)7-9(10(18)19)17-11(20)12(13,14)15;1-5-2-3-6(8(10)11)4-7(5)9(12)13/h4,6,9H,3,5,7H2,1-2H3,(H,17,20)(H,18,19);2-4H,1H3/b8-4-,16-6?;. The molecule has 0 fully saturated rings. The molecule has 0 saturated carbocycles. The number of hydrogen-bond donors (Lipinski definition) is 2. The predicted octanol–water partition coefficient (Wildman–Crippen LogP) is 4.09. The van der Waals surface area contributed by atoms with E-state index in [1.807, 2.05) is 6.92 Å². The van der Waals surface area contributed by atoms with E-state index >= 15 is 0 Å². The SMILES string of the molecule is C/C=C(/CC(NC(=O)C(F)(F)F)C(=O)O)N=CCCC.Cc1ccc([N+](=O)[O-])cc1[N+](=O)[O-]. The van der Waals surface area contributed by atoms with E-state index in [9.17, 15) is 43.0 Å². The van der Waals surface area contributed by atoms with Gasteiger partial charge in [-0.2, -0.15) is 13.2 Å². The number of carboxylic acids is 1. The average Bonchev–Trinajstić information content (AvgIpc) is 2.71. The molecule has 1 amide bonds. The zero-order valence-corrected chi connectivity index (χ0v) is 18.0. The molecule has 1 rings (SSSR count). The molecule has 182 valence electrons. The lowest BCUT2D eigenvalue weighted by molar-refractivity contribution is -0.394. The highest BCUT2D eigenvalue weighted by Crippen LogP contribution is 2.23. The molecule has 0 aromatic heterocycles. The number of aryl methyl sites for hydroxylation is 1. The number of amides is 1. The largest absolute Gasteiger partial charge is 0.480 e. The van der Waals surface area contributed by atoms with Gasteiger partial charge in [0.15, 0.2) is 0 Å². The summed E-state index contributed by atoms with van der Waals surface area (Å²) in [5.41, 5.74) is 0.218. The Morgan fingerprint density at radius 2 is 1.85 bits per heavy atom. The Labute approximate surface area is 186 Å². The van der Waals surface area contributed by atoms with Crippen LogP contribution in [0.1, 0.15) is 38.7 Å². The first-order chi connectivity index (χ1) is 15.2. The molecular formula is C19H23F3N4O7. The molecule has 0 heterocycles. The number of allylic oxidation sites excluding steroid dienone is 1. The van der Waals surface area contributed by atoms with Crippen molar-refractivity contribution in [2.45, 2.75) is 52.3 Å². The van der Waals surface area contributed by atoms with Crippen LogP contribution in [0.3, 0.4) is 0 Å². The van der Waals surface area contributed by atoms with Crippen LogP contribution in [-0.4, -0.2) is 45.3 Å². The molecule has 0 aliphatic rings. The van der Waals surface area contributed by atoms with Crippen LogP contribution in [0.25, 0.3) is 0 Å². The van der Waals surface area contributed by atoms with Crippen LogP contribution >= 0.6 is 0 Å². The fraction of sp³-hybridized carbons (Fsp3) is 0.421. The van der Waals surface area contributed by atoms with Crippen LogP contribution in [0.5, 0.6) is 0 Å². The van der Waals surface area contributed by atoms with Gasteiger partial charge in [-0.1, -0.05) is 19.4 Å². The summed E-state index contributed by atoms with van der Waals surface area (Å²) in [5.74, 6) is -3.83. The fourth-order valence-corrected chi connectivity index (χ4v) is 2.11. The molecule has 0 aliphatic carbocycles. The molecular weight excluding hydrogens is 453 g/mol. The second-order valence-electron chi connectivity index (χ2n) is 6.43. The van der Waals surface area contributed by atoms with Crippen LogP contribution < -0.4 is 5.32 Å². The second-order valence-corrected chi connectivity index (χ2v) is 6.43. The minimum atomic E-state index is -5.12. The van der Waals surface area contributed by atoms with E-state index in [1.165, 1.54) is 30.4 Å². The Bertz CT molecular complexity index is 930. The maximum absolute atomic E-state index is 12.1. The van der Waals surface area contributed by atoms with Gasteiger partial charge in [-0.15, -0.1) is 0 Å². The molecule has 1 aromatic rings. The highest BCUT2D eigenvalue weighted by Gasteiger charge is 2.40. The Morgan fingerprint density at radius 1 is 1.24 bits per heavy atom. The van der Waals surface area contributed by atoms with Crippen molar-refractivity contribution in [3.8, 4) is 0 Å². The number of nitrogens with one attached hydrogen (secondary N) is 1. The number of rotatable bonds is 9. The third kappa shape index (κ3) is 10.8. The number of nitro benzene ring substituents is 2. The number of carbonyl (C=O) groups is 2. The smallest absolute Gasteiger partial charge is 0.471 e. The van der Waals surface area contributed by atoms with E-state index in [2.05, 4.69) is 4.99 Å². The normalized spacial score (nSPS) is 12.5. The first kappa shape index (κ1) is 29.2. The van der Waals surface area contributed by atoms with E-state index in [4.69, 9.17) is 5.11 Å². The molecule has 2 N–H and O–H groups in total. The van der Waals surface area contributed by atoms with E-state index in [0.29, 0.717) is 17.7 Å². The summed E-state index contributed by atoms with van der Waals surface area (Å²) in [5, 5.41) is 30.9. The summed E-state index contributed by atoms with van der Waals surface area (Å²) in [7, 11) is 0. The first-order valence-electron chi connectivity index (χ1n) is 9.42. The molecule has 14 heteroatoms. The summed E-state index contributed by atoms with van der Waals surface area (Å²) in [4.78, 5) is 45.0. The van der Waals surface area contributed by atoms with Gasteiger partial charge in [0.2, 0.25) is 0 Å². The van der Waals surface area contributed by atoms with Crippen LogP contribution in [0.4, 0.5) is 24.5 Å². The van der Waals surface area contributed by atoms with Crippen molar-refractivity contribution < 1.29 is 37.7 Å². The molecule has 33 heavy (non-hydrogen) atoms. The van der Waals surface area contributed by atoms with Crippen molar-refractivity contribution in [1.29, 1.82) is 0 Å². The number of carboxylic acid groups (broad SMARTS) is 1. The second kappa shape index (κ2) is 13.5. The van der Waals surface area contributed by atoms with Gasteiger partial charge in [0.1, 0.15) is 6.04 Å². The number of benzene rings is 1. The van der Waals surface area contributed by atoms with Crippen LogP contribution in [0, 0.1) is 27.2 Å². The predicted molar refractivity (Wildman–Crippen MR) is 112 cm³/mol. The molecule has 11 nitrogen and oxygen atoms in total. The van der Waals surface area contributed by atoms with Gasteiger partial charge in [0.25, 0.3) is 11.4 Å². The Morgan fingerprint density at radius 3 is 2.27 bits per heavy atom. The van der Waals surface area contributed by atoms with Gasteiger partial charge in [0, 0.05) is 30.0 Å². The van der Waals surface area contributed by atoms with E-state index in [1.54, 1.807) is 13.1 Å². The number of alkyl halides is 3. The Balaban J connectivity index is 0.000000676. The summed E-state index contributed by atoms with van der Waals surface area (Å²) >= 11 is 0. The summed E-state index contributed by atoms with van der Waals surface area (Å²) in [6.45, 7) is 5.04. The van der Waals surface area contributed by atoms with Crippen LogP contribution in [0.2, 0.25) is 0 Å². The first-order valence-corrected chi connectivity index (χ1v) is 9.42. The zero-order valence-electron chi connectivity index (χ0n) is 18.0. The van der Waals surface area contributed by atoms with Gasteiger partial charge in [-0.3, -0.25) is 30.0 Å². The quantitative estimate of drug-likeness (QED) is 0.308. The lowest BCUT2D eigenvalue weighted by atomic mass is 10.1. The minimum Gasteiger partial charge on any atom is -0.480 e. The number of nitrogens with zero attached hydrogens (tertiary/aromatic N) is 3. The monoisotopic (exact) mass is 476 g/mol. The van der Waals surface area contributed by atoms with Crippen molar-refractivity contribution in [2.24, 2.45) is 4.99 Å². The van der Waals surface area contributed by atoms with Crippen LogP contribution in [-0.2, 0) is 9.59 Å². The highest BCUT2D eigenvalue weighted by molar-refractivity contribution is 5.87. The van der Waals surface area contributed by atoms with Gasteiger partial charge >= 0.3 is 18.1 Å². The number of non-ortho nitro benzene ring substituents is 1. The van der Waals surface area contributed by atoms with Crippen molar-refractivity contribution in [1.82, 2.24) is 5.32 Å². The highest BCUT2D eigenvalue weighted by atomic mass is 19.4. The summed E-state index contributed by atoms with van der Waals surface area (Å²) in [6, 6.07) is 1.88. The molecule has 1 unspecified atom stereocenters. The Kier molecular flexibility index (Phi) is 12.0. The zero-order chi connectivity index (χ0) is 25.8. The number of halogens is 3. The maximum atomic E-state index is 12.1. The molecule has 0 aliphatic heterocycles. The molecule has 0 spiro atoms. The average molecular weight is 476 g/mol. The molecule has 1 atom stereocenters. The minimum absolute atomic E-state index is 0.228. The Hall–Kier alpha value is -3.84. The van der Waals surface area contributed by atoms with Crippen LogP contribution in [0.15, 0.2) is 35.0 Å². The molecule has 1 aromatic carbocycles. The van der Waals surface area contributed by atoms with E-state index < -0.39 is 33.9 Å². The lowest BCUT2D eigenvalue weighted by Gasteiger charge is -2.15. The van der Waals surface area contributed by atoms with Crippen molar-refractivity contribution in [2.75, 3.05) is 0 Å². The fourth-order valence-electron chi connectivity index (χ4n) is 2.11. The number of hydrogen-bond acceptors (Lipinski definition) is 7. The van der Waals surface area contributed by atoms with Crippen molar-refractivity contribution >= 4 is 29.5 Å². The van der Waals surface area contributed by atoms with Crippen molar-refractivity contribution in [3.63, 3.8) is 0 Å². The van der Waals surface area contributed by atoms with E-state index in [0.717, 1.165) is 12.5 Å². The number of aliphatic carboxylic acids is 1. The van der Waals surface area contributed by atoms with E-state index in [-0.39, 0.29) is 17.8 Å². The van der Waals surface area contributed by atoms with Gasteiger partial charge in [-0.25, -0.2) is 4.79 Å². The lowest BCUT2D eigenvalue weighted by Crippen LogP contribution is -2.46. The number of unbranched alkanes of at least 4 members (excludes halogenated alkanes) is 1. The summed E-state index contributed by atoms with van der Waals surface area (Å²) in [6.07, 6.45) is -0.873. The number of nitro groups is 2. The third-order valence-electron chi connectivity index (χ3n) is 3.88.